The second kappa shape index (κ2) is 5.19. The lowest BCUT2D eigenvalue weighted by molar-refractivity contribution is 0.251. The molecule has 0 atom stereocenters. The molecule has 0 fully saturated rings. The zero-order valence-electron chi connectivity index (χ0n) is 9.99. The third-order valence-electron chi connectivity index (χ3n) is 2.12. The number of nitrogens with two attached hydrogens (primary N) is 1. The summed E-state index contributed by atoms with van der Waals surface area (Å²) in [6, 6.07) is 9.18. The van der Waals surface area contributed by atoms with Crippen LogP contribution in [0.2, 0.25) is 0 Å². The van der Waals surface area contributed by atoms with Gasteiger partial charge in [-0.15, -0.1) is 0 Å². The normalized spacial score (nSPS) is 10.8. The third kappa shape index (κ3) is 3.86. The molecule has 1 heterocycles. The van der Waals surface area contributed by atoms with Crippen molar-refractivity contribution in [1.82, 2.24) is 4.57 Å². The number of hydrogen-bond donors (Lipinski definition) is 2. The number of nitrogens with zero attached hydrogens (tertiary/aromatic N) is 1. The number of benzene rings is 1. The minimum Gasteiger partial charge on any atom is -0.351 e. The van der Waals surface area contributed by atoms with E-state index in [2.05, 4.69) is 0 Å². The lowest BCUT2D eigenvalue weighted by Crippen LogP contribution is -2.20. The average molecular weight is 270 g/mol. The highest BCUT2D eigenvalue weighted by atomic mass is 32.2. The van der Waals surface area contributed by atoms with Gasteiger partial charge in [0, 0.05) is 11.1 Å². The Morgan fingerprint density at radius 2 is 1.83 bits per heavy atom. The summed E-state index contributed by atoms with van der Waals surface area (Å²) in [6.07, 6.45) is 0.715. The van der Waals surface area contributed by atoms with Gasteiger partial charge in [0.15, 0.2) is 0 Å². The summed E-state index contributed by atoms with van der Waals surface area (Å²) in [5, 5.41) is 1.04. The summed E-state index contributed by atoms with van der Waals surface area (Å²) in [7, 11) is -3.67. The van der Waals surface area contributed by atoms with Crippen molar-refractivity contribution in [1.29, 1.82) is 0 Å². The lowest BCUT2D eigenvalue weighted by atomic mass is 10.2. The van der Waals surface area contributed by atoms with Gasteiger partial charge in [-0.1, -0.05) is 18.2 Å². The first-order valence-corrected chi connectivity index (χ1v) is 6.84. The van der Waals surface area contributed by atoms with E-state index in [1.807, 2.05) is 37.3 Å². The quantitative estimate of drug-likeness (QED) is 0.706. The van der Waals surface area contributed by atoms with Crippen LogP contribution in [0.4, 0.5) is 4.79 Å². The van der Waals surface area contributed by atoms with Crippen molar-refractivity contribution in [3.8, 4) is 0 Å². The van der Waals surface area contributed by atoms with Gasteiger partial charge in [-0.05, 0) is 19.1 Å². The van der Waals surface area contributed by atoms with Crippen molar-refractivity contribution < 1.29 is 17.8 Å². The van der Waals surface area contributed by atoms with Crippen LogP contribution < -0.4 is 5.73 Å². The molecule has 98 valence electrons. The second-order valence-electron chi connectivity index (χ2n) is 3.75. The minimum absolute atomic E-state index is 0.432. The zero-order chi connectivity index (χ0) is 13.9. The molecule has 0 unspecified atom stereocenters. The first-order valence-electron chi connectivity index (χ1n) is 4.99. The molecule has 0 bridgehead atoms. The summed E-state index contributed by atoms with van der Waals surface area (Å²) in [5.74, 6) is 0. The van der Waals surface area contributed by atoms with Gasteiger partial charge in [0.05, 0.1) is 11.8 Å². The van der Waals surface area contributed by atoms with Crippen LogP contribution in [0.3, 0.4) is 0 Å². The number of fused-ring (bicyclic) bond motifs is 1. The van der Waals surface area contributed by atoms with E-state index in [4.69, 9.17) is 10.3 Å². The fourth-order valence-electron chi connectivity index (χ4n) is 1.59. The number of carbonyl (C=O) groups excluding carboxylic acids is 1. The molecule has 0 aliphatic carbocycles. The average Bonchev–Trinajstić information content (AvgIpc) is 2.50. The summed E-state index contributed by atoms with van der Waals surface area (Å²) in [5.41, 5.74) is 6.99. The number of para-hydroxylation sites is 1. The van der Waals surface area contributed by atoms with Crippen molar-refractivity contribution in [2.75, 3.05) is 6.26 Å². The number of rotatable bonds is 0. The number of aryl methyl sites for hydroxylation is 1. The van der Waals surface area contributed by atoms with Gasteiger partial charge in [0.1, 0.15) is 0 Å². The van der Waals surface area contributed by atoms with Crippen LogP contribution in [0.15, 0.2) is 30.3 Å². The molecule has 2 aromatic rings. The van der Waals surface area contributed by atoms with Crippen LogP contribution in [0.5, 0.6) is 0 Å². The van der Waals surface area contributed by atoms with E-state index in [-0.39, 0.29) is 0 Å². The molecule has 6 nitrogen and oxygen atoms in total. The molecule has 2 rings (SSSR count). The van der Waals surface area contributed by atoms with Crippen molar-refractivity contribution >= 4 is 27.1 Å². The Morgan fingerprint density at radius 1 is 1.33 bits per heavy atom. The maximum atomic E-state index is 11.1. The molecule has 0 spiro atoms. The predicted molar refractivity (Wildman–Crippen MR) is 69.1 cm³/mol. The summed E-state index contributed by atoms with van der Waals surface area (Å²) >= 11 is 0. The van der Waals surface area contributed by atoms with E-state index in [9.17, 15) is 13.2 Å². The largest absolute Gasteiger partial charge is 0.351 e. The van der Waals surface area contributed by atoms with Gasteiger partial charge in [-0.2, -0.15) is 8.42 Å². The molecule has 7 heteroatoms. The minimum atomic E-state index is -3.67. The molecular weight excluding hydrogens is 256 g/mol. The maximum Gasteiger partial charge on any atom is 0.323 e. The predicted octanol–water partition coefficient (Wildman–Crippen LogP) is 1.38. The molecule has 1 amide bonds. The van der Waals surface area contributed by atoms with Gasteiger partial charge in [-0.3, -0.25) is 9.12 Å². The highest BCUT2D eigenvalue weighted by molar-refractivity contribution is 7.85. The van der Waals surface area contributed by atoms with E-state index in [0.29, 0.717) is 6.26 Å². The number of amides is 1. The van der Waals surface area contributed by atoms with Gasteiger partial charge < -0.3 is 5.73 Å². The van der Waals surface area contributed by atoms with Crippen molar-refractivity contribution in [2.45, 2.75) is 6.92 Å². The number of primary amides is 1. The Balaban J connectivity index is 0.000000280. The Labute approximate surface area is 105 Å². The van der Waals surface area contributed by atoms with Crippen LogP contribution in [0.1, 0.15) is 5.69 Å². The first kappa shape index (κ1) is 14.2. The lowest BCUT2D eigenvalue weighted by Gasteiger charge is -2.00. The van der Waals surface area contributed by atoms with Crippen LogP contribution in [-0.4, -0.2) is 29.8 Å². The first-order chi connectivity index (χ1) is 8.20. The standard InChI is InChI=1S/C10H10N2O.CH4O3S/c1-7-6-8-4-2-3-5-9(8)12(7)10(11)13;1-5(2,3)4/h2-6H,1H3,(H2,11,13);1H3,(H,2,3,4). The Kier molecular flexibility index (Phi) is 4.10. The van der Waals surface area contributed by atoms with Crippen LogP contribution in [0, 0.1) is 6.92 Å². The van der Waals surface area contributed by atoms with Crippen LogP contribution >= 0.6 is 0 Å². The highest BCUT2D eigenvalue weighted by Crippen LogP contribution is 2.17. The highest BCUT2D eigenvalue weighted by Gasteiger charge is 2.07. The Bertz CT molecular complexity index is 665. The molecule has 0 saturated heterocycles. The van der Waals surface area contributed by atoms with E-state index in [1.165, 1.54) is 4.57 Å². The van der Waals surface area contributed by atoms with Crippen molar-refractivity contribution in [3.63, 3.8) is 0 Å². The molecule has 1 aromatic carbocycles. The number of hydrogen-bond acceptors (Lipinski definition) is 3. The Morgan fingerprint density at radius 3 is 2.33 bits per heavy atom. The molecule has 0 radical (unpaired) electrons. The van der Waals surface area contributed by atoms with E-state index in [1.54, 1.807) is 0 Å². The van der Waals surface area contributed by atoms with Gasteiger partial charge >= 0.3 is 6.03 Å². The van der Waals surface area contributed by atoms with Gasteiger partial charge in [0.25, 0.3) is 10.1 Å². The fraction of sp³-hybridized carbons (Fsp3) is 0.182. The van der Waals surface area contributed by atoms with E-state index in [0.717, 1.165) is 16.6 Å². The SMILES string of the molecule is CS(=O)(=O)O.Cc1cc2ccccc2n1C(N)=O. The summed E-state index contributed by atoms with van der Waals surface area (Å²) < 4.78 is 27.4. The topological polar surface area (TPSA) is 102 Å². The molecule has 1 aromatic heterocycles. The molecule has 0 aliphatic rings. The fourth-order valence-corrected chi connectivity index (χ4v) is 1.59. The second-order valence-corrected chi connectivity index (χ2v) is 5.22. The smallest absolute Gasteiger partial charge is 0.323 e. The molecule has 18 heavy (non-hydrogen) atoms. The van der Waals surface area contributed by atoms with E-state index < -0.39 is 16.1 Å². The third-order valence-corrected chi connectivity index (χ3v) is 2.12. The van der Waals surface area contributed by atoms with Gasteiger partial charge in [-0.25, -0.2) is 4.79 Å². The van der Waals surface area contributed by atoms with Crippen LogP contribution in [0.25, 0.3) is 10.9 Å². The van der Waals surface area contributed by atoms with Crippen molar-refractivity contribution in [3.05, 3.63) is 36.0 Å². The van der Waals surface area contributed by atoms with Crippen LogP contribution in [-0.2, 0) is 10.1 Å². The number of carbonyl (C=O) groups is 1. The molecule has 0 aliphatic heterocycles. The summed E-state index contributed by atoms with van der Waals surface area (Å²) in [6.45, 7) is 1.87. The zero-order valence-corrected chi connectivity index (χ0v) is 10.8. The monoisotopic (exact) mass is 270 g/mol. The number of aromatic nitrogens is 1. The molecular formula is C11H14N2O4S. The maximum absolute atomic E-state index is 11.1. The Hall–Kier alpha value is -1.86. The molecule has 0 saturated carbocycles. The van der Waals surface area contributed by atoms with Gasteiger partial charge in [0.2, 0.25) is 0 Å². The summed E-state index contributed by atoms with van der Waals surface area (Å²) in [4.78, 5) is 11.1. The molecule has 3 N–H and O–H groups in total. The van der Waals surface area contributed by atoms with E-state index >= 15 is 0 Å². The van der Waals surface area contributed by atoms with Crippen molar-refractivity contribution in [2.24, 2.45) is 5.73 Å².